The van der Waals surface area contributed by atoms with E-state index in [-0.39, 0.29) is 6.04 Å². The van der Waals surface area contributed by atoms with Gasteiger partial charge in [-0.15, -0.1) is 0 Å². The molecule has 126 valence electrons. The monoisotopic (exact) mass is 319 g/mol. The normalized spacial score (nSPS) is 12.0. The van der Waals surface area contributed by atoms with Crippen LogP contribution in [0.1, 0.15) is 18.2 Å². The molecule has 0 aliphatic heterocycles. The van der Waals surface area contributed by atoms with Crippen LogP contribution in [-0.4, -0.2) is 36.6 Å². The van der Waals surface area contributed by atoms with Gasteiger partial charge < -0.3 is 19.5 Å². The first kappa shape index (κ1) is 17.1. The third-order valence-electron chi connectivity index (χ3n) is 3.67. The summed E-state index contributed by atoms with van der Waals surface area (Å²) in [7, 11) is 5.18. The van der Waals surface area contributed by atoms with E-state index >= 15 is 0 Å². The summed E-state index contributed by atoms with van der Waals surface area (Å²) < 4.78 is 18.3. The van der Waals surface area contributed by atoms with Crippen molar-refractivity contribution in [1.82, 2.24) is 15.1 Å². The Labute approximate surface area is 137 Å². The van der Waals surface area contributed by atoms with Crippen molar-refractivity contribution in [2.75, 3.05) is 20.8 Å². The van der Waals surface area contributed by atoms with Crippen molar-refractivity contribution in [2.24, 2.45) is 7.05 Å². The van der Waals surface area contributed by atoms with Gasteiger partial charge in [0.05, 0.1) is 25.5 Å². The Morgan fingerprint density at radius 1 is 1.17 bits per heavy atom. The molecule has 1 aromatic carbocycles. The quantitative estimate of drug-likeness (QED) is 0.809. The minimum Gasteiger partial charge on any atom is -0.493 e. The van der Waals surface area contributed by atoms with E-state index in [1.165, 1.54) is 0 Å². The number of hydrogen-bond acceptors (Lipinski definition) is 5. The maximum atomic E-state index is 5.83. The van der Waals surface area contributed by atoms with Crippen molar-refractivity contribution in [3.63, 3.8) is 0 Å². The number of benzene rings is 1. The van der Waals surface area contributed by atoms with Crippen LogP contribution in [0.15, 0.2) is 24.3 Å². The van der Waals surface area contributed by atoms with Crippen LogP contribution in [0, 0.1) is 6.92 Å². The van der Waals surface area contributed by atoms with E-state index < -0.39 is 0 Å². The SMILES string of the molecule is COc1ccccc1OC[C@@H](C)NCc1c(C)nn(C)c1OC. The zero-order chi connectivity index (χ0) is 16.8. The Hall–Kier alpha value is -2.21. The molecular weight excluding hydrogens is 294 g/mol. The highest BCUT2D eigenvalue weighted by atomic mass is 16.5. The van der Waals surface area contributed by atoms with Crippen molar-refractivity contribution in [3.8, 4) is 17.4 Å². The maximum Gasteiger partial charge on any atom is 0.216 e. The van der Waals surface area contributed by atoms with E-state index in [0.717, 1.165) is 28.6 Å². The second-order valence-electron chi connectivity index (χ2n) is 5.44. The molecule has 1 aromatic heterocycles. The molecule has 1 atom stereocenters. The van der Waals surface area contributed by atoms with Gasteiger partial charge in [-0.3, -0.25) is 0 Å². The molecule has 6 heteroatoms. The summed E-state index contributed by atoms with van der Waals surface area (Å²) in [5.74, 6) is 2.27. The summed E-state index contributed by atoms with van der Waals surface area (Å²) in [6, 6.07) is 7.81. The second-order valence-corrected chi connectivity index (χ2v) is 5.44. The van der Waals surface area contributed by atoms with Gasteiger partial charge in [-0.25, -0.2) is 4.68 Å². The van der Waals surface area contributed by atoms with Gasteiger partial charge in [-0.05, 0) is 26.0 Å². The van der Waals surface area contributed by atoms with Crippen molar-refractivity contribution in [1.29, 1.82) is 0 Å². The van der Waals surface area contributed by atoms with Crippen molar-refractivity contribution < 1.29 is 14.2 Å². The average Bonchev–Trinajstić information content (AvgIpc) is 2.83. The molecule has 2 aromatic rings. The number of nitrogens with zero attached hydrogens (tertiary/aromatic N) is 2. The van der Waals surface area contributed by atoms with Gasteiger partial charge >= 0.3 is 0 Å². The standard InChI is InChI=1S/C17H25N3O3/c1-12(11-23-16-9-7-6-8-15(16)21-4)18-10-14-13(2)19-20(3)17(14)22-5/h6-9,12,18H,10-11H2,1-5H3/t12-/m1/s1. The Morgan fingerprint density at radius 3 is 2.52 bits per heavy atom. The lowest BCUT2D eigenvalue weighted by Gasteiger charge is -2.16. The first-order valence-corrected chi connectivity index (χ1v) is 7.62. The minimum absolute atomic E-state index is 0.171. The fourth-order valence-electron chi connectivity index (χ4n) is 2.43. The van der Waals surface area contributed by atoms with Gasteiger partial charge in [0.2, 0.25) is 5.88 Å². The fraction of sp³-hybridized carbons (Fsp3) is 0.471. The molecule has 6 nitrogen and oxygen atoms in total. The van der Waals surface area contributed by atoms with Gasteiger partial charge in [-0.2, -0.15) is 5.10 Å². The first-order valence-electron chi connectivity index (χ1n) is 7.62. The molecule has 23 heavy (non-hydrogen) atoms. The van der Waals surface area contributed by atoms with Crippen LogP contribution in [0.5, 0.6) is 17.4 Å². The Balaban J connectivity index is 1.89. The van der Waals surface area contributed by atoms with Crippen LogP contribution in [0.3, 0.4) is 0 Å². The summed E-state index contributed by atoms with van der Waals surface area (Å²) in [5.41, 5.74) is 2.04. The largest absolute Gasteiger partial charge is 0.493 e. The van der Waals surface area contributed by atoms with Gasteiger partial charge in [-0.1, -0.05) is 12.1 Å². The Kier molecular flexibility index (Phi) is 5.87. The molecule has 0 amide bonds. The number of aryl methyl sites for hydroxylation is 2. The molecule has 0 saturated heterocycles. The van der Waals surface area contributed by atoms with Crippen molar-refractivity contribution in [3.05, 3.63) is 35.5 Å². The molecule has 0 aliphatic rings. The predicted molar refractivity (Wildman–Crippen MR) is 89.3 cm³/mol. The molecule has 0 aliphatic carbocycles. The summed E-state index contributed by atoms with van der Waals surface area (Å²) in [6.07, 6.45) is 0. The van der Waals surface area contributed by atoms with E-state index in [9.17, 15) is 0 Å². The number of para-hydroxylation sites is 2. The van der Waals surface area contributed by atoms with Crippen LogP contribution in [0.2, 0.25) is 0 Å². The van der Waals surface area contributed by atoms with Crippen LogP contribution in [0.25, 0.3) is 0 Å². The Morgan fingerprint density at radius 2 is 1.87 bits per heavy atom. The summed E-state index contributed by atoms with van der Waals surface area (Å²) in [4.78, 5) is 0. The van der Waals surface area contributed by atoms with Crippen LogP contribution in [0.4, 0.5) is 0 Å². The number of rotatable bonds is 8. The molecule has 1 heterocycles. The molecule has 1 N–H and O–H groups in total. The van der Waals surface area contributed by atoms with Crippen LogP contribution < -0.4 is 19.5 Å². The molecular formula is C17H25N3O3. The summed E-state index contributed by atoms with van der Waals surface area (Å²) >= 11 is 0. The van der Waals surface area contributed by atoms with E-state index in [0.29, 0.717) is 13.2 Å². The van der Waals surface area contributed by atoms with E-state index in [1.54, 1.807) is 18.9 Å². The number of hydrogen-bond donors (Lipinski definition) is 1. The zero-order valence-electron chi connectivity index (χ0n) is 14.4. The first-order chi connectivity index (χ1) is 11.1. The number of nitrogens with one attached hydrogen (secondary N) is 1. The van der Waals surface area contributed by atoms with Crippen molar-refractivity contribution >= 4 is 0 Å². The topological polar surface area (TPSA) is 57.5 Å². The van der Waals surface area contributed by atoms with Gasteiger partial charge in [0.1, 0.15) is 6.61 Å². The van der Waals surface area contributed by atoms with Crippen LogP contribution >= 0.6 is 0 Å². The third-order valence-corrected chi connectivity index (χ3v) is 3.67. The van der Waals surface area contributed by atoms with E-state index in [4.69, 9.17) is 14.2 Å². The van der Waals surface area contributed by atoms with Crippen molar-refractivity contribution in [2.45, 2.75) is 26.4 Å². The molecule has 0 unspecified atom stereocenters. The maximum absolute atomic E-state index is 5.83. The smallest absolute Gasteiger partial charge is 0.216 e. The lowest BCUT2D eigenvalue weighted by Crippen LogP contribution is -2.31. The summed E-state index contributed by atoms with van der Waals surface area (Å²) in [5, 5.41) is 7.82. The highest BCUT2D eigenvalue weighted by molar-refractivity contribution is 5.39. The van der Waals surface area contributed by atoms with E-state index in [2.05, 4.69) is 17.3 Å². The number of methoxy groups -OCH3 is 2. The highest BCUT2D eigenvalue weighted by Gasteiger charge is 2.15. The molecule has 0 radical (unpaired) electrons. The second kappa shape index (κ2) is 7.87. The molecule has 0 bridgehead atoms. The molecule has 2 rings (SSSR count). The lowest BCUT2D eigenvalue weighted by atomic mass is 10.2. The predicted octanol–water partition coefficient (Wildman–Crippen LogP) is 2.30. The third kappa shape index (κ3) is 4.16. The van der Waals surface area contributed by atoms with Crippen LogP contribution in [-0.2, 0) is 13.6 Å². The number of ether oxygens (including phenoxy) is 3. The fourth-order valence-corrected chi connectivity index (χ4v) is 2.43. The zero-order valence-corrected chi connectivity index (χ0v) is 14.4. The minimum atomic E-state index is 0.171. The lowest BCUT2D eigenvalue weighted by molar-refractivity contribution is 0.258. The molecule has 0 fully saturated rings. The summed E-state index contributed by atoms with van der Waals surface area (Å²) in [6.45, 7) is 5.28. The molecule has 0 saturated carbocycles. The van der Waals surface area contributed by atoms with E-state index in [1.807, 2.05) is 38.2 Å². The Bertz CT molecular complexity index is 640. The average molecular weight is 319 g/mol. The molecule has 0 spiro atoms. The number of aromatic nitrogens is 2. The van der Waals surface area contributed by atoms with Gasteiger partial charge in [0.25, 0.3) is 0 Å². The van der Waals surface area contributed by atoms with Gasteiger partial charge in [0.15, 0.2) is 11.5 Å². The highest BCUT2D eigenvalue weighted by Crippen LogP contribution is 2.26. The van der Waals surface area contributed by atoms with Gasteiger partial charge in [0, 0.05) is 19.6 Å².